The summed E-state index contributed by atoms with van der Waals surface area (Å²) in [6.07, 6.45) is -8.16. The molecule has 196 valence electrons. The van der Waals surface area contributed by atoms with E-state index in [0.717, 1.165) is 43.8 Å². The molecule has 3 aromatic rings. The molecule has 0 radical (unpaired) electrons. The minimum absolute atomic E-state index is 0.162. The van der Waals surface area contributed by atoms with Crippen molar-refractivity contribution in [3.8, 4) is 23.0 Å². The van der Waals surface area contributed by atoms with Gasteiger partial charge >= 0.3 is 12.5 Å². The quantitative estimate of drug-likeness (QED) is 0.399. The molecule has 2 aromatic carbocycles. The Morgan fingerprint density at radius 1 is 0.946 bits per heavy atom. The van der Waals surface area contributed by atoms with Crippen molar-refractivity contribution in [2.24, 2.45) is 5.73 Å². The lowest BCUT2D eigenvalue weighted by molar-refractivity contribution is -0.274. The van der Waals surface area contributed by atoms with Gasteiger partial charge < -0.3 is 25.3 Å². The molecule has 0 saturated heterocycles. The number of nitrogens with zero attached hydrogens (tertiary/aromatic N) is 1. The molecule has 1 heterocycles. The number of ether oxygens (including phenoxy) is 3. The number of halogens is 7. The van der Waals surface area contributed by atoms with Gasteiger partial charge in [-0.15, -0.1) is 13.2 Å². The summed E-state index contributed by atoms with van der Waals surface area (Å²) in [5.41, 5.74) is 1.74. The fourth-order valence-corrected chi connectivity index (χ4v) is 2.96. The number of alkyl halides is 6. The van der Waals surface area contributed by atoms with E-state index in [0.29, 0.717) is 12.1 Å². The number of carbonyl (C=O) groups excluding carboxylic acids is 2. The predicted molar refractivity (Wildman–Crippen MR) is 112 cm³/mol. The van der Waals surface area contributed by atoms with Gasteiger partial charge in [-0.1, -0.05) is 0 Å². The average Bonchev–Trinajstić information content (AvgIpc) is 2.78. The topological polar surface area (TPSA) is 113 Å². The van der Waals surface area contributed by atoms with Crippen molar-refractivity contribution in [1.29, 1.82) is 0 Å². The molecule has 0 aliphatic heterocycles. The van der Waals surface area contributed by atoms with Crippen LogP contribution in [0.2, 0.25) is 0 Å². The molecule has 0 aliphatic rings. The Balaban J connectivity index is 2.05. The minimum atomic E-state index is -5.20. The second-order valence-electron chi connectivity index (χ2n) is 7.04. The Hall–Kier alpha value is -4.56. The number of pyridine rings is 1. The van der Waals surface area contributed by atoms with Gasteiger partial charge in [0.15, 0.2) is 17.3 Å². The lowest BCUT2D eigenvalue weighted by atomic mass is 10.1. The summed E-state index contributed by atoms with van der Waals surface area (Å²) in [6.45, 7) is 0. The van der Waals surface area contributed by atoms with Crippen molar-refractivity contribution in [1.82, 2.24) is 4.98 Å². The van der Waals surface area contributed by atoms with Crippen molar-refractivity contribution in [2.45, 2.75) is 12.5 Å². The molecular weight excluding hydrogens is 519 g/mol. The van der Waals surface area contributed by atoms with Gasteiger partial charge in [-0.3, -0.25) is 14.6 Å². The lowest BCUT2D eigenvalue weighted by Gasteiger charge is -2.18. The van der Waals surface area contributed by atoms with Gasteiger partial charge in [-0.25, -0.2) is 4.39 Å². The van der Waals surface area contributed by atoms with Crippen molar-refractivity contribution in [3.63, 3.8) is 0 Å². The van der Waals surface area contributed by atoms with E-state index < -0.39 is 52.8 Å². The van der Waals surface area contributed by atoms with E-state index in [1.165, 1.54) is 0 Å². The van der Waals surface area contributed by atoms with Crippen LogP contribution in [0.25, 0.3) is 0 Å². The fourth-order valence-electron chi connectivity index (χ4n) is 2.96. The Morgan fingerprint density at radius 2 is 1.62 bits per heavy atom. The van der Waals surface area contributed by atoms with Gasteiger partial charge in [0, 0.05) is 12.3 Å². The van der Waals surface area contributed by atoms with Crippen LogP contribution in [-0.4, -0.2) is 30.3 Å². The standard InChI is InChI=1S/C22H14F7N3O5/c1-35-16-7-12(37-22(27,28)29)2-4-14(16)36-15-5-3-13(21(24,25)26)18(23)17(15)20(34)32-11-6-10(19(30)33)8-31-9-11/h2-9H,1H3,(H2,30,33)(H,32,34). The van der Waals surface area contributed by atoms with Crippen LogP contribution >= 0.6 is 0 Å². The van der Waals surface area contributed by atoms with E-state index in [2.05, 4.69) is 15.0 Å². The molecule has 0 aliphatic carbocycles. The number of hydrogen-bond donors (Lipinski definition) is 2. The molecule has 0 unspecified atom stereocenters. The minimum Gasteiger partial charge on any atom is -0.493 e. The van der Waals surface area contributed by atoms with Crippen LogP contribution in [0.4, 0.5) is 36.4 Å². The second-order valence-corrected chi connectivity index (χ2v) is 7.04. The number of anilines is 1. The van der Waals surface area contributed by atoms with Crippen molar-refractivity contribution in [2.75, 3.05) is 12.4 Å². The first-order valence-corrected chi connectivity index (χ1v) is 9.77. The summed E-state index contributed by atoms with van der Waals surface area (Å²) in [6, 6.07) is 4.44. The van der Waals surface area contributed by atoms with Crippen LogP contribution in [0, 0.1) is 5.82 Å². The number of nitrogens with two attached hydrogens (primary N) is 1. The van der Waals surface area contributed by atoms with Crippen LogP contribution in [0.5, 0.6) is 23.0 Å². The monoisotopic (exact) mass is 533 g/mol. The number of hydrogen-bond acceptors (Lipinski definition) is 6. The van der Waals surface area contributed by atoms with Gasteiger partial charge in [0.05, 0.1) is 30.1 Å². The maximum absolute atomic E-state index is 15.0. The summed E-state index contributed by atoms with van der Waals surface area (Å²) >= 11 is 0. The third-order valence-electron chi connectivity index (χ3n) is 4.51. The zero-order valence-electron chi connectivity index (χ0n) is 18.3. The smallest absolute Gasteiger partial charge is 0.493 e. The molecule has 0 atom stereocenters. The van der Waals surface area contributed by atoms with Crippen molar-refractivity contribution >= 4 is 17.5 Å². The maximum atomic E-state index is 15.0. The number of amides is 2. The molecule has 3 rings (SSSR count). The molecule has 37 heavy (non-hydrogen) atoms. The molecule has 0 saturated carbocycles. The second kappa shape index (κ2) is 10.2. The van der Waals surface area contributed by atoms with Crippen molar-refractivity contribution in [3.05, 3.63) is 71.3 Å². The molecule has 1 aromatic heterocycles. The normalized spacial score (nSPS) is 11.6. The maximum Gasteiger partial charge on any atom is 0.573 e. The van der Waals surface area contributed by atoms with Gasteiger partial charge in [-0.2, -0.15) is 13.2 Å². The Bertz CT molecular complexity index is 1340. The summed E-state index contributed by atoms with van der Waals surface area (Å²) in [5.74, 6) is -6.59. The van der Waals surface area contributed by atoms with Crippen molar-refractivity contribution < 1.29 is 54.5 Å². The first-order valence-electron chi connectivity index (χ1n) is 9.77. The third kappa shape index (κ3) is 6.56. The summed E-state index contributed by atoms with van der Waals surface area (Å²) in [7, 11) is 1.04. The SMILES string of the molecule is COc1cc(OC(F)(F)F)ccc1Oc1ccc(C(F)(F)F)c(F)c1C(=O)Nc1cncc(C(N)=O)c1. The van der Waals surface area contributed by atoms with Gasteiger partial charge in [0.2, 0.25) is 5.91 Å². The van der Waals surface area contributed by atoms with E-state index >= 15 is 0 Å². The molecule has 0 fully saturated rings. The molecular formula is C22H14F7N3O5. The number of aromatic nitrogens is 1. The van der Waals surface area contributed by atoms with Gasteiger partial charge in [0.1, 0.15) is 17.1 Å². The lowest BCUT2D eigenvalue weighted by Crippen LogP contribution is -2.19. The number of primary amides is 1. The summed E-state index contributed by atoms with van der Waals surface area (Å²) in [4.78, 5) is 27.8. The number of rotatable bonds is 7. The predicted octanol–water partition coefficient (Wildman–Crippen LogP) is 5.29. The number of methoxy groups -OCH3 is 1. The zero-order chi connectivity index (χ0) is 27.5. The molecule has 0 spiro atoms. The summed E-state index contributed by atoms with van der Waals surface area (Å²) < 4.78 is 106. The largest absolute Gasteiger partial charge is 0.573 e. The molecule has 15 heteroatoms. The van der Waals surface area contributed by atoms with Crippen LogP contribution < -0.4 is 25.3 Å². The molecule has 3 N–H and O–H groups in total. The Morgan fingerprint density at radius 3 is 2.22 bits per heavy atom. The Labute approximate surface area is 202 Å². The highest BCUT2D eigenvalue weighted by atomic mass is 19.4. The zero-order valence-corrected chi connectivity index (χ0v) is 18.3. The molecule has 8 nitrogen and oxygen atoms in total. The van der Waals surface area contributed by atoms with Crippen LogP contribution in [-0.2, 0) is 6.18 Å². The highest BCUT2D eigenvalue weighted by Gasteiger charge is 2.38. The van der Waals surface area contributed by atoms with E-state index in [-0.39, 0.29) is 22.7 Å². The van der Waals surface area contributed by atoms with Gasteiger partial charge in [-0.05, 0) is 30.3 Å². The first-order chi connectivity index (χ1) is 17.2. The fraction of sp³-hybridized carbons (Fsp3) is 0.136. The van der Waals surface area contributed by atoms with E-state index in [4.69, 9.17) is 15.2 Å². The van der Waals surface area contributed by atoms with E-state index in [1.54, 1.807) is 0 Å². The number of nitrogens with one attached hydrogen (secondary N) is 1. The number of carbonyl (C=O) groups is 2. The van der Waals surface area contributed by atoms with Crippen LogP contribution in [0.3, 0.4) is 0 Å². The summed E-state index contributed by atoms with van der Waals surface area (Å²) in [5, 5.41) is 2.09. The van der Waals surface area contributed by atoms with E-state index in [1.807, 2.05) is 0 Å². The average molecular weight is 533 g/mol. The molecule has 2 amide bonds. The van der Waals surface area contributed by atoms with Crippen LogP contribution in [0.1, 0.15) is 26.3 Å². The first kappa shape index (κ1) is 27.0. The highest BCUT2D eigenvalue weighted by molar-refractivity contribution is 6.07. The number of benzene rings is 2. The van der Waals surface area contributed by atoms with Crippen LogP contribution in [0.15, 0.2) is 48.8 Å². The highest BCUT2D eigenvalue weighted by Crippen LogP contribution is 2.40. The van der Waals surface area contributed by atoms with Gasteiger partial charge in [0.25, 0.3) is 5.91 Å². The Kier molecular flexibility index (Phi) is 7.45. The third-order valence-corrected chi connectivity index (χ3v) is 4.51. The van der Waals surface area contributed by atoms with E-state index in [9.17, 15) is 40.3 Å². The molecule has 0 bridgehead atoms.